The molecular weight excluding hydrogens is 1020 g/mol. The molecule has 21 nitrogen and oxygen atoms in total. The lowest BCUT2D eigenvalue weighted by atomic mass is 9.85. The van der Waals surface area contributed by atoms with E-state index in [1.807, 2.05) is 120 Å². The molecule has 2 aliphatic heterocycles. The third-order valence-electron chi connectivity index (χ3n) is 14.6. The van der Waals surface area contributed by atoms with Crippen molar-refractivity contribution in [3.63, 3.8) is 0 Å². The number of fused-ring (bicyclic) bond motifs is 1. The summed E-state index contributed by atoms with van der Waals surface area (Å²) in [4.78, 5) is 99.5. The Morgan fingerprint density at radius 3 is 2.30 bits per heavy atom. The number of hydrogen-bond acceptors (Lipinski definition) is 14. The molecule has 0 spiro atoms. The highest BCUT2D eigenvalue weighted by atomic mass is 32.1. The minimum absolute atomic E-state index is 0.00649. The van der Waals surface area contributed by atoms with Crippen LogP contribution in [0.15, 0.2) is 83.5 Å². The summed E-state index contributed by atoms with van der Waals surface area (Å²) >= 11 is 1.56. The molecule has 7 aromatic rings. The van der Waals surface area contributed by atoms with Gasteiger partial charge < -0.3 is 40.7 Å². The van der Waals surface area contributed by atoms with Gasteiger partial charge in [0, 0.05) is 106 Å². The zero-order valence-corrected chi connectivity index (χ0v) is 46.7. The zero-order valence-electron chi connectivity index (χ0n) is 45.9. The molecule has 9 rings (SSSR count). The van der Waals surface area contributed by atoms with Crippen LogP contribution < -0.4 is 26.4 Å². The van der Waals surface area contributed by atoms with E-state index in [0.29, 0.717) is 48.4 Å². The first-order chi connectivity index (χ1) is 37.7. The van der Waals surface area contributed by atoms with Crippen molar-refractivity contribution in [1.82, 2.24) is 65.5 Å². The first-order valence-corrected chi connectivity index (χ1v) is 27.5. The smallest absolute Gasteiger partial charge is 0.253 e. The average Bonchev–Trinajstić information content (AvgIpc) is 4.48. The number of likely N-dealkylation sites (tertiary alicyclic amines) is 1. The van der Waals surface area contributed by atoms with E-state index in [9.17, 15) is 33.9 Å². The molecule has 0 bridgehead atoms. The molecule has 5 aromatic heterocycles. The number of pyridine rings is 2. The highest BCUT2D eigenvalue weighted by Gasteiger charge is 2.44. The van der Waals surface area contributed by atoms with E-state index in [0.717, 1.165) is 55.4 Å². The zero-order chi connectivity index (χ0) is 56.3. The summed E-state index contributed by atoms with van der Waals surface area (Å²) in [5, 5.41) is 33.1. The first-order valence-electron chi connectivity index (χ1n) is 26.6. The number of H-pyrrole nitrogens is 1. The Bertz CT molecular complexity index is 3440. The second-order valence-corrected chi connectivity index (χ2v) is 22.7. The third-order valence-corrected chi connectivity index (χ3v) is 15.6. The second kappa shape index (κ2) is 23.5. The molecule has 7 heterocycles. The number of aliphatic hydroxyl groups is 1. The summed E-state index contributed by atoms with van der Waals surface area (Å²) < 4.78 is 3.34. The van der Waals surface area contributed by atoms with Gasteiger partial charge in [-0.1, -0.05) is 50.3 Å². The van der Waals surface area contributed by atoms with Crippen molar-refractivity contribution in [1.29, 1.82) is 0 Å². The molecule has 0 saturated carbocycles. The Morgan fingerprint density at radius 1 is 0.886 bits per heavy atom. The van der Waals surface area contributed by atoms with Gasteiger partial charge in [0.1, 0.15) is 24.4 Å². The highest BCUT2D eigenvalue weighted by Crippen LogP contribution is 2.32. The number of nitrogens with zero attached hydrogens (tertiary/aromatic N) is 10. The molecule has 2 aromatic carbocycles. The number of aromatic amines is 1. The van der Waals surface area contributed by atoms with Crippen LogP contribution in [0.25, 0.3) is 32.5 Å². The van der Waals surface area contributed by atoms with E-state index >= 15 is 0 Å². The molecule has 22 heteroatoms. The fraction of sp³-hybridized carbons (Fsp3) is 0.421. The van der Waals surface area contributed by atoms with Crippen LogP contribution in [0, 0.1) is 26.2 Å². The fourth-order valence-corrected chi connectivity index (χ4v) is 11.0. The van der Waals surface area contributed by atoms with Gasteiger partial charge in [-0.25, -0.2) is 14.6 Å². The van der Waals surface area contributed by atoms with E-state index in [1.165, 1.54) is 9.58 Å². The van der Waals surface area contributed by atoms with Crippen molar-refractivity contribution in [2.45, 2.75) is 119 Å². The molecular formula is C57H68N14O7S. The Hall–Kier alpha value is -8.11. The fourth-order valence-electron chi connectivity index (χ4n) is 10.2. The van der Waals surface area contributed by atoms with Crippen LogP contribution in [0.1, 0.15) is 97.6 Å². The molecule has 0 unspecified atom stereocenters. The maximum absolute atomic E-state index is 14.2. The Balaban J connectivity index is 0.751. The van der Waals surface area contributed by atoms with E-state index in [1.54, 1.807) is 34.8 Å². The van der Waals surface area contributed by atoms with E-state index in [4.69, 9.17) is 4.98 Å². The van der Waals surface area contributed by atoms with E-state index < -0.39 is 35.4 Å². The molecule has 5 amide bonds. The van der Waals surface area contributed by atoms with Gasteiger partial charge in [0.2, 0.25) is 23.6 Å². The molecule has 2 fully saturated rings. The number of rotatable bonds is 17. The van der Waals surface area contributed by atoms with Gasteiger partial charge >= 0.3 is 0 Å². The van der Waals surface area contributed by atoms with Gasteiger partial charge in [-0.15, -0.1) is 16.4 Å². The molecule has 2 aliphatic rings. The number of hydrogen-bond donors (Lipinski definition) is 5. The van der Waals surface area contributed by atoms with Crippen LogP contribution >= 0.6 is 11.3 Å². The number of piperazine rings is 1. The number of aliphatic hydroxyl groups excluding tert-OH is 1. The largest absolute Gasteiger partial charge is 0.391 e. The predicted molar refractivity (Wildman–Crippen MR) is 300 cm³/mol. The first kappa shape index (κ1) is 55.6. The normalized spacial score (nSPS) is 16.2. The number of benzene rings is 2. The van der Waals surface area contributed by atoms with E-state index in [2.05, 4.69) is 46.2 Å². The standard InChI is InChI=1S/C57H68N14O7S/c1-33(2)71-46-23-40(22-43(45(46)28-62-71)53(75)60-27-44-34(3)21-35(4)63-54(44)76)39-13-15-48(58-26-39)67-17-19-68(20-18-67)50(74)31-69-29-41(65-66-69)14-16-49(73)64-52(57(6,7)8)56(78)70-30-42(72)24-47(70)55(77)59-25-37-9-11-38(12-10-37)51-36(5)61-32-79-51/h9-13,15,21-23,26,28-29,32-33,42,47,52,72H,14,16-20,24-25,27,30-31H2,1-8H3,(H,59,77)(H,60,75)(H,63,76)(H,64,73)/t42-,47+,52+/m1/s1. The number of nitrogens with one attached hydrogen (secondary N) is 4. The second-order valence-electron chi connectivity index (χ2n) is 21.9. The maximum Gasteiger partial charge on any atom is 0.253 e. The monoisotopic (exact) mass is 1090 g/mol. The molecule has 0 aliphatic carbocycles. The summed E-state index contributed by atoms with van der Waals surface area (Å²) in [6, 6.07) is 15.6. The van der Waals surface area contributed by atoms with Crippen LogP contribution in [0.2, 0.25) is 0 Å². The molecule has 5 N–H and O–H groups in total. The lowest BCUT2D eigenvalue weighted by Crippen LogP contribution is -2.57. The molecule has 3 atom stereocenters. The van der Waals surface area contributed by atoms with Crippen LogP contribution in [-0.4, -0.2) is 135 Å². The summed E-state index contributed by atoms with van der Waals surface area (Å²) in [7, 11) is 0. The Morgan fingerprint density at radius 2 is 1.63 bits per heavy atom. The Labute approximate surface area is 461 Å². The van der Waals surface area contributed by atoms with Crippen molar-refractivity contribution in [2.75, 3.05) is 37.6 Å². The van der Waals surface area contributed by atoms with E-state index in [-0.39, 0.29) is 74.8 Å². The SMILES string of the molecule is Cc1cc(C)c(CNC(=O)c2cc(-c3ccc(N4CCN(C(=O)Cn5cc(CCC(=O)N[C@@H](C(=O)N6C[C@H](O)C[C@H]6C(=O)NCc6ccc(-c7scnc7C)cc6)C(C)(C)C)nn5)CC4)nc3)cc3c2cnn3C(C)C)c(=O)[nH]1. The Kier molecular flexibility index (Phi) is 16.5. The van der Waals surface area contributed by atoms with Crippen LogP contribution in [0.5, 0.6) is 0 Å². The maximum atomic E-state index is 14.2. The van der Waals surface area contributed by atoms with Crippen LogP contribution in [-0.2, 0) is 45.2 Å². The number of aryl methyl sites for hydroxylation is 4. The van der Waals surface area contributed by atoms with Gasteiger partial charge in [0.25, 0.3) is 11.5 Å². The van der Waals surface area contributed by atoms with Gasteiger partial charge in [0.05, 0.1) is 45.2 Å². The average molecular weight is 1090 g/mol. The number of carbonyl (C=O) groups excluding carboxylic acids is 5. The van der Waals surface area contributed by atoms with Crippen molar-refractivity contribution < 1.29 is 29.1 Å². The van der Waals surface area contributed by atoms with Crippen molar-refractivity contribution in [2.24, 2.45) is 5.41 Å². The van der Waals surface area contributed by atoms with Gasteiger partial charge in [-0.05, 0) is 92.6 Å². The minimum atomic E-state index is -0.986. The lowest BCUT2D eigenvalue weighted by Gasteiger charge is -2.35. The number of anilines is 1. The van der Waals surface area contributed by atoms with Crippen LogP contribution in [0.4, 0.5) is 5.82 Å². The summed E-state index contributed by atoms with van der Waals surface area (Å²) in [6.45, 7) is 17.5. The summed E-state index contributed by atoms with van der Waals surface area (Å²) in [6.07, 6.45) is 4.50. The van der Waals surface area contributed by atoms with Gasteiger partial charge in [-0.2, -0.15) is 5.10 Å². The lowest BCUT2D eigenvalue weighted by molar-refractivity contribution is -0.144. The molecule has 2 saturated heterocycles. The topological polar surface area (TPSA) is 259 Å². The van der Waals surface area contributed by atoms with Gasteiger partial charge in [-0.3, -0.25) is 33.4 Å². The summed E-state index contributed by atoms with van der Waals surface area (Å²) in [5.74, 6) is -0.934. The quantitative estimate of drug-likeness (QED) is 0.0803. The number of amides is 5. The number of aromatic nitrogens is 8. The van der Waals surface area contributed by atoms with Gasteiger partial charge in [0.15, 0.2) is 0 Å². The van der Waals surface area contributed by atoms with Crippen molar-refractivity contribution in [3.05, 3.63) is 128 Å². The van der Waals surface area contributed by atoms with Crippen LogP contribution in [0.3, 0.4) is 0 Å². The minimum Gasteiger partial charge on any atom is -0.391 e. The highest BCUT2D eigenvalue weighted by molar-refractivity contribution is 7.13. The van der Waals surface area contributed by atoms with Crippen molar-refractivity contribution in [3.8, 4) is 21.6 Å². The summed E-state index contributed by atoms with van der Waals surface area (Å²) in [5.41, 5.74) is 9.10. The predicted octanol–water partition coefficient (Wildman–Crippen LogP) is 5.03. The number of β-amino-alcohol motifs (C(OH)–C–C–N with tert-alkyl or cyclic N) is 1. The molecule has 0 radical (unpaired) electrons. The third kappa shape index (κ3) is 12.8. The van der Waals surface area contributed by atoms with Crippen molar-refractivity contribution >= 4 is 57.6 Å². The number of carbonyl (C=O) groups is 5. The molecule has 79 heavy (non-hydrogen) atoms. The number of thiazole rings is 1. The molecule has 414 valence electrons.